The molecular formula is C13H17ClN4O. The Bertz CT molecular complexity index is 598. The molecule has 1 aliphatic rings. The first kappa shape index (κ1) is 12.7. The Balaban J connectivity index is 1.99. The van der Waals surface area contributed by atoms with Gasteiger partial charge in [0, 0.05) is 5.56 Å². The molecule has 0 amide bonds. The fourth-order valence-electron chi connectivity index (χ4n) is 2.61. The van der Waals surface area contributed by atoms with Gasteiger partial charge in [-0.05, 0) is 32.1 Å². The van der Waals surface area contributed by atoms with Gasteiger partial charge in [-0.3, -0.25) is 0 Å². The lowest BCUT2D eigenvalue weighted by Gasteiger charge is -2.29. The zero-order valence-corrected chi connectivity index (χ0v) is 11.9. The molecule has 0 N–H and O–H groups in total. The highest BCUT2D eigenvalue weighted by Gasteiger charge is 2.25. The van der Waals surface area contributed by atoms with Crippen LogP contribution in [-0.2, 0) is 0 Å². The van der Waals surface area contributed by atoms with Gasteiger partial charge in [0.15, 0.2) is 0 Å². The zero-order valence-electron chi connectivity index (χ0n) is 11.1. The average Bonchev–Trinajstić information content (AvgIpc) is 2.85. The molecule has 1 saturated carbocycles. The first-order valence-corrected chi connectivity index (χ1v) is 7.07. The molecule has 0 bridgehead atoms. The molecule has 0 saturated heterocycles. The van der Waals surface area contributed by atoms with E-state index in [1.165, 1.54) is 25.6 Å². The van der Waals surface area contributed by atoms with Crippen LogP contribution in [-0.4, -0.2) is 25.7 Å². The highest BCUT2D eigenvalue weighted by Crippen LogP contribution is 2.31. The van der Waals surface area contributed by atoms with E-state index in [-0.39, 0.29) is 6.10 Å². The normalized spacial score (nSPS) is 23.7. The molecule has 19 heavy (non-hydrogen) atoms. The van der Waals surface area contributed by atoms with Crippen molar-refractivity contribution < 1.29 is 4.74 Å². The Hall–Kier alpha value is -1.36. The lowest BCUT2D eigenvalue weighted by molar-refractivity contribution is 0.0940. The fraction of sp³-hybridized carbons (Fsp3) is 0.615. The first-order valence-electron chi connectivity index (χ1n) is 6.69. The minimum atomic E-state index is 0.221. The van der Waals surface area contributed by atoms with Gasteiger partial charge in [0.2, 0.25) is 5.88 Å². The van der Waals surface area contributed by atoms with Crippen LogP contribution in [0.5, 0.6) is 5.88 Å². The number of nitrogens with zero attached hydrogens (tertiary/aromatic N) is 4. The van der Waals surface area contributed by atoms with E-state index in [9.17, 15) is 0 Å². The summed E-state index contributed by atoms with van der Waals surface area (Å²) in [6.45, 7) is 4.14. The average molecular weight is 281 g/mol. The van der Waals surface area contributed by atoms with Gasteiger partial charge in [0.1, 0.15) is 17.6 Å². The summed E-state index contributed by atoms with van der Waals surface area (Å²) in [6, 6.07) is 0. The van der Waals surface area contributed by atoms with E-state index >= 15 is 0 Å². The van der Waals surface area contributed by atoms with Crippen molar-refractivity contribution in [1.82, 2.24) is 19.6 Å². The van der Waals surface area contributed by atoms with E-state index in [0.29, 0.717) is 22.7 Å². The van der Waals surface area contributed by atoms with Crippen molar-refractivity contribution in [2.24, 2.45) is 5.92 Å². The van der Waals surface area contributed by atoms with Crippen LogP contribution < -0.4 is 4.74 Å². The van der Waals surface area contributed by atoms with E-state index in [4.69, 9.17) is 16.3 Å². The predicted octanol–water partition coefficient (Wildman–Crippen LogP) is 3.04. The van der Waals surface area contributed by atoms with Gasteiger partial charge in [-0.25, -0.2) is 0 Å². The van der Waals surface area contributed by atoms with E-state index in [2.05, 4.69) is 22.0 Å². The maximum Gasteiger partial charge on any atom is 0.256 e. The van der Waals surface area contributed by atoms with Crippen LogP contribution in [0.15, 0.2) is 6.33 Å². The van der Waals surface area contributed by atoms with Crippen LogP contribution in [0.2, 0.25) is 5.15 Å². The summed E-state index contributed by atoms with van der Waals surface area (Å²) in [5.74, 6) is 1.71. The van der Waals surface area contributed by atoms with E-state index in [0.717, 1.165) is 12.0 Å². The monoisotopic (exact) mass is 280 g/mol. The lowest BCUT2D eigenvalue weighted by Crippen LogP contribution is -2.29. The summed E-state index contributed by atoms with van der Waals surface area (Å²) in [5.41, 5.74) is 0.817. The standard InChI is InChI=1S/C13H17ClN4O/c1-8-5-3-4-6-10(8)19-12-9(2)11(14)17-13-15-7-16-18(12)13/h7-8,10H,3-6H2,1-2H3. The minimum Gasteiger partial charge on any atom is -0.474 e. The molecule has 0 aliphatic heterocycles. The van der Waals surface area contributed by atoms with Gasteiger partial charge in [0.05, 0.1) is 0 Å². The Morgan fingerprint density at radius 2 is 2.16 bits per heavy atom. The highest BCUT2D eigenvalue weighted by molar-refractivity contribution is 6.30. The van der Waals surface area contributed by atoms with Gasteiger partial charge in [-0.2, -0.15) is 19.6 Å². The summed E-state index contributed by atoms with van der Waals surface area (Å²) in [5, 5.41) is 4.60. The summed E-state index contributed by atoms with van der Waals surface area (Å²) in [4.78, 5) is 8.25. The second kappa shape index (κ2) is 4.96. The van der Waals surface area contributed by atoms with Crippen LogP contribution in [0.1, 0.15) is 38.2 Å². The molecule has 2 aromatic rings. The summed E-state index contributed by atoms with van der Waals surface area (Å²) in [7, 11) is 0. The van der Waals surface area contributed by atoms with Crippen LogP contribution in [0.25, 0.3) is 5.78 Å². The predicted molar refractivity (Wildman–Crippen MR) is 72.6 cm³/mol. The molecule has 2 unspecified atom stereocenters. The van der Waals surface area contributed by atoms with E-state index < -0.39 is 0 Å². The maximum atomic E-state index is 6.19. The number of fused-ring (bicyclic) bond motifs is 1. The maximum absolute atomic E-state index is 6.19. The van der Waals surface area contributed by atoms with Crippen LogP contribution in [0.4, 0.5) is 0 Å². The molecule has 2 heterocycles. The third-order valence-corrected chi connectivity index (χ3v) is 4.21. The molecule has 5 nitrogen and oxygen atoms in total. The molecular weight excluding hydrogens is 264 g/mol. The summed E-state index contributed by atoms with van der Waals surface area (Å²) >= 11 is 6.13. The van der Waals surface area contributed by atoms with Crippen molar-refractivity contribution in [2.75, 3.05) is 0 Å². The third-order valence-electron chi connectivity index (χ3n) is 3.85. The minimum absolute atomic E-state index is 0.221. The first-order chi connectivity index (χ1) is 9.16. The molecule has 102 valence electrons. The molecule has 0 radical (unpaired) electrons. The van der Waals surface area contributed by atoms with Crippen molar-refractivity contribution in [2.45, 2.75) is 45.6 Å². The Morgan fingerprint density at radius 1 is 1.37 bits per heavy atom. The molecule has 1 aliphatic carbocycles. The van der Waals surface area contributed by atoms with Crippen LogP contribution >= 0.6 is 11.6 Å². The Morgan fingerprint density at radius 3 is 2.95 bits per heavy atom. The van der Waals surface area contributed by atoms with E-state index in [1.54, 1.807) is 4.52 Å². The SMILES string of the molecule is Cc1c(Cl)nc2ncnn2c1OC1CCCCC1C. The molecule has 0 aromatic carbocycles. The molecule has 6 heteroatoms. The summed E-state index contributed by atoms with van der Waals surface area (Å²) < 4.78 is 7.81. The second-order valence-electron chi connectivity index (χ2n) is 5.22. The molecule has 0 spiro atoms. The van der Waals surface area contributed by atoms with Crippen molar-refractivity contribution in [3.63, 3.8) is 0 Å². The largest absolute Gasteiger partial charge is 0.474 e. The quantitative estimate of drug-likeness (QED) is 0.794. The zero-order chi connectivity index (χ0) is 13.4. The number of ether oxygens (including phenoxy) is 1. The van der Waals surface area contributed by atoms with Crippen LogP contribution in [0.3, 0.4) is 0 Å². The number of halogens is 1. The number of hydrogen-bond acceptors (Lipinski definition) is 4. The fourth-order valence-corrected chi connectivity index (χ4v) is 2.77. The van der Waals surface area contributed by atoms with Gasteiger partial charge in [0.25, 0.3) is 5.78 Å². The topological polar surface area (TPSA) is 52.3 Å². The highest BCUT2D eigenvalue weighted by atomic mass is 35.5. The lowest BCUT2D eigenvalue weighted by atomic mass is 9.88. The van der Waals surface area contributed by atoms with E-state index in [1.807, 2.05) is 6.92 Å². The van der Waals surface area contributed by atoms with Crippen molar-refractivity contribution in [3.8, 4) is 5.88 Å². The van der Waals surface area contributed by atoms with Gasteiger partial charge in [-0.15, -0.1) is 0 Å². The van der Waals surface area contributed by atoms with Gasteiger partial charge >= 0.3 is 0 Å². The smallest absolute Gasteiger partial charge is 0.256 e. The Kier molecular flexibility index (Phi) is 3.31. The van der Waals surface area contributed by atoms with Crippen molar-refractivity contribution in [1.29, 1.82) is 0 Å². The summed E-state index contributed by atoms with van der Waals surface area (Å²) in [6.07, 6.45) is 6.48. The van der Waals surface area contributed by atoms with Crippen molar-refractivity contribution in [3.05, 3.63) is 17.0 Å². The van der Waals surface area contributed by atoms with Crippen molar-refractivity contribution >= 4 is 17.4 Å². The molecule has 2 atom stereocenters. The molecule has 2 aromatic heterocycles. The molecule has 1 fully saturated rings. The second-order valence-corrected chi connectivity index (χ2v) is 5.58. The number of hydrogen-bond donors (Lipinski definition) is 0. The number of rotatable bonds is 2. The molecule has 3 rings (SSSR count). The number of aromatic nitrogens is 4. The van der Waals surface area contributed by atoms with Gasteiger partial charge in [-0.1, -0.05) is 24.9 Å². The third kappa shape index (κ3) is 2.27. The van der Waals surface area contributed by atoms with Gasteiger partial charge < -0.3 is 4.74 Å². The Labute approximate surface area is 117 Å². The van der Waals surface area contributed by atoms with Crippen LogP contribution in [0, 0.1) is 12.8 Å².